The average Bonchev–Trinajstić information content (AvgIpc) is 2.85. The van der Waals surface area contributed by atoms with E-state index in [2.05, 4.69) is 19.5 Å². The fourth-order valence-corrected chi connectivity index (χ4v) is 2.25. The van der Waals surface area contributed by atoms with Gasteiger partial charge in [0.2, 0.25) is 0 Å². The first kappa shape index (κ1) is 11.2. The SMILES string of the molecule is O=Cc1c(Cl)ncnc1N1CCn2ccnc2C1. The van der Waals surface area contributed by atoms with Gasteiger partial charge in [-0.2, -0.15) is 0 Å². The third-order valence-corrected chi connectivity index (χ3v) is 3.28. The Balaban J connectivity index is 1.98. The van der Waals surface area contributed by atoms with Crippen LogP contribution in [0.25, 0.3) is 0 Å². The van der Waals surface area contributed by atoms with Crippen molar-refractivity contribution in [3.63, 3.8) is 0 Å². The molecule has 2 aromatic rings. The summed E-state index contributed by atoms with van der Waals surface area (Å²) < 4.78 is 2.08. The van der Waals surface area contributed by atoms with Gasteiger partial charge in [-0.05, 0) is 0 Å². The zero-order valence-corrected chi connectivity index (χ0v) is 10.2. The number of imidazole rings is 1. The van der Waals surface area contributed by atoms with Crippen LogP contribution < -0.4 is 4.90 Å². The first-order valence-corrected chi connectivity index (χ1v) is 5.88. The van der Waals surface area contributed by atoms with Crippen molar-refractivity contribution < 1.29 is 4.79 Å². The van der Waals surface area contributed by atoms with Crippen LogP contribution in [-0.2, 0) is 13.1 Å². The molecule has 0 saturated heterocycles. The Kier molecular flexibility index (Phi) is 2.71. The molecule has 0 aliphatic carbocycles. The number of anilines is 1. The zero-order valence-electron chi connectivity index (χ0n) is 9.45. The molecule has 0 atom stereocenters. The molecule has 3 heterocycles. The fourth-order valence-electron chi connectivity index (χ4n) is 2.07. The van der Waals surface area contributed by atoms with Crippen LogP contribution in [0.5, 0.6) is 0 Å². The van der Waals surface area contributed by atoms with Crippen LogP contribution in [0.4, 0.5) is 5.82 Å². The molecule has 1 aliphatic heterocycles. The van der Waals surface area contributed by atoms with Crippen LogP contribution in [0.3, 0.4) is 0 Å². The highest BCUT2D eigenvalue weighted by Crippen LogP contribution is 2.24. The molecule has 0 aromatic carbocycles. The molecule has 0 saturated carbocycles. The lowest BCUT2D eigenvalue weighted by Crippen LogP contribution is -2.34. The maximum atomic E-state index is 11.1. The van der Waals surface area contributed by atoms with Gasteiger partial charge in [-0.15, -0.1) is 0 Å². The Hall–Kier alpha value is -1.95. The Morgan fingerprint density at radius 3 is 3.00 bits per heavy atom. The molecule has 0 bridgehead atoms. The molecule has 18 heavy (non-hydrogen) atoms. The van der Waals surface area contributed by atoms with Crippen molar-refractivity contribution in [1.29, 1.82) is 0 Å². The molecule has 2 aromatic heterocycles. The first-order valence-electron chi connectivity index (χ1n) is 5.50. The Bertz CT molecular complexity index is 597. The number of halogens is 1. The second-order valence-electron chi connectivity index (χ2n) is 3.98. The fraction of sp³-hybridized carbons (Fsp3) is 0.273. The maximum Gasteiger partial charge on any atom is 0.156 e. The third kappa shape index (κ3) is 1.74. The molecule has 92 valence electrons. The molecule has 3 rings (SSSR count). The van der Waals surface area contributed by atoms with Gasteiger partial charge in [-0.1, -0.05) is 11.6 Å². The quantitative estimate of drug-likeness (QED) is 0.601. The highest BCUT2D eigenvalue weighted by molar-refractivity contribution is 6.32. The van der Waals surface area contributed by atoms with E-state index in [1.54, 1.807) is 6.20 Å². The first-order chi connectivity index (χ1) is 8.79. The number of fused-ring (bicyclic) bond motifs is 1. The molecular formula is C11H10ClN5O. The third-order valence-electron chi connectivity index (χ3n) is 2.98. The van der Waals surface area contributed by atoms with Gasteiger partial charge in [0.15, 0.2) is 6.29 Å². The molecule has 0 radical (unpaired) electrons. The summed E-state index contributed by atoms with van der Waals surface area (Å²) in [5.41, 5.74) is 0.333. The van der Waals surface area contributed by atoms with Crippen molar-refractivity contribution in [2.45, 2.75) is 13.1 Å². The Morgan fingerprint density at radius 2 is 2.17 bits per heavy atom. The van der Waals surface area contributed by atoms with Crippen molar-refractivity contribution >= 4 is 23.7 Å². The highest BCUT2D eigenvalue weighted by atomic mass is 35.5. The van der Waals surface area contributed by atoms with E-state index in [0.717, 1.165) is 18.9 Å². The molecule has 0 unspecified atom stereocenters. The van der Waals surface area contributed by atoms with Crippen LogP contribution in [0.2, 0.25) is 5.15 Å². The topological polar surface area (TPSA) is 63.9 Å². The monoisotopic (exact) mass is 263 g/mol. The Labute approximate surface area is 108 Å². The summed E-state index contributed by atoms with van der Waals surface area (Å²) in [5, 5.41) is 0.184. The van der Waals surface area contributed by atoms with Gasteiger partial charge in [0.1, 0.15) is 23.1 Å². The number of aromatic nitrogens is 4. The lowest BCUT2D eigenvalue weighted by atomic mass is 10.2. The summed E-state index contributed by atoms with van der Waals surface area (Å²) in [5.74, 6) is 1.52. The van der Waals surface area contributed by atoms with E-state index in [4.69, 9.17) is 11.6 Å². The highest BCUT2D eigenvalue weighted by Gasteiger charge is 2.21. The summed E-state index contributed by atoms with van der Waals surface area (Å²) in [4.78, 5) is 25.3. The number of aldehydes is 1. The van der Waals surface area contributed by atoms with Gasteiger partial charge in [-0.25, -0.2) is 15.0 Å². The lowest BCUT2D eigenvalue weighted by molar-refractivity contribution is 0.112. The van der Waals surface area contributed by atoms with E-state index in [1.807, 2.05) is 11.1 Å². The van der Waals surface area contributed by atoms with Crippen LogP contribution in [0.1, 0.15) is 16.2 Å². The minimum absolute atomic E-state index is 0.184. The number of hydrogen-bond donors (Lipinski definition) is 0. The van der Waals surface area contributed by atoms with Crippen LogP contribution in [0, 0.1) is 0 Å². The lowest BCUT2D eigenvalue weighted by Gasteiger charge is -2.29. The van der Waals surface area contributed by atoms with E-state index in [-0.39, 0.29) is 5.15 Å². The largest absolute Gasteiger partial charge is 0.347 e. The summed E-state index contributed by atoms with van der Waals surface area (Å²) in [6, 6.07) is 0. The molecule has 0 fully saturated rings. The molecular weight excluding hydrogens is 254 g/mol. The van der Waals surface area contributed by atoms with Crippen molar-refractivity contribution in [1.82, 2.24) is 19.5 Å². The molecule has 7 heteroatoms. The minimum Gasteiger partial charge on any atom is -0.347 e. The van der Waals surface area contributed by atoms with Crippen LogP contribution in [-0.4, -0.2) is 32.3 Å². The van der Waals surface area contributed by atoms with Crippen molar-refractivity contribution in [2.24, 2.45) is 0 Å². The normalized spacial score (nSPS) is 14.4. The standard InChI is InChI=1S/C11H10ClN5O/c12-10-8(6-18)11(15-7-14-10)17-4-3-16-2-1-13-9(16)5-17/h1-2,6-7H,3-5H2. The predicted octanol–water partition coefficient (Wildman–Crippen LogP) is 1.16. The maximum absolute atomic E-state index is 11.1. The van der Waals surface area contributed by atoms with E-state index in [9.17, 15) is 4.79 Å². The summed E-state index contributed by atoms with van der Waals surface area (Å²) in [7, 11) is 0. The molecule has 0 amide bonds. The van der Waals surface area contributed by atoms with Gasteiger partial charge < -0.3 is 9.47 Å². The van der Waals surface area contributed by atoms with Gasteiger partial charge >= 0.3 is 0 Å². The molecule has 0 spiro atoms. The summed E-state index contributed by atoms with van der Waals surface area (Å²) >= 11 is 5.90. The Morgan fingerprint density at radius 1 is 1.28 bits per heavy atom. The second kappa shape index (κ2) is 4.38. The van der Waals surface area contributed by atoms with Crippen molar-refractivity contribution in [2.75, 3.05) is 11.4 Å². The molecule has 1 aliphatic rings. The van der Waals surface area contributed by atoms with Gasteiger partial charge in [-0.3, -0.25) is 4.79 Å². The van der Waals surface area contributed by atoms with Gasteiger partial charge in [0.05, 0.1) is 12.1 Å². The van der Waals surface area contributed by atoms with Crippen LogP contribution >= 0.6 is 11.6 Å². The van der Waals surface area contributed by atoms with Gasteiger partial charge in [0, 0.05) is 25.5 Å². The minimum atomic E-state index is 0.184. The number of nitrogens with zero attached hydrogens (tertiary/aromatic N) is 5. The smallest absolute Gasteiger partial charge is 0.156 e. The van der Waals surface area contributed by atoms with Crippen molar-refractivity contribution in [3.8, 4) is 0 Å². The van der Waals surface area contributed by atoms with E-state index < -0.39 is 0 Å². The van der Waals surface area contributed by atoms with Crippen molar-refractivity contribution in [3.05, 3.63) is 35.3 Å². The summed E-state index contributed by atoms with van der Waals surface area (Å²) in [6.07, 6.45) is 5.77. The average molecular weight is 264 g/mol. The molecule has 0 N–H and O–H groups in total. The predicted molar refractivity (Wildman–Crippen MR) is 65.7 cm³/mol. The van der Waals surface area contributed by atoms with Crippen LogP contribution in [0.15, 0.2) is 18.7 Å². The number of carbonyl (C=O) groups is 1. The zero-order chi connectivity index (χ0) is 12.5. The van der Waals surface area contributed by atoms with E-state index >= 15 is 0 Å². The number of rotatable bonds is 2. The number of carbonyl (C=O) groups excluding carboxylic acids is 1. The van der Waals surface area contributed by atoms with Gasteiger partial charge in [0.25, 0.3) is 0 Å². The van der Waals surface area contributed by atoms with E-state index in [1.165, 1.54) is 6.33 Å². The molecule has 6 nitrogen and oxygen atoms in total. The van der Waals surface area contributed by atoms with E-state index in [0.29, 0.717) is 24.2 Å². The summed E-state index contributed by atoms with van der Waals surface area (Å²) in [6.45, 7) is 2.19. The second-order valence-corrected chi connectivity index (χ2v) is 4.34. The number of hydrogen-bond acceptors (Lipinski definition) is 5.